The van der Waals surface area contributed by atoms with Crippen LogP contribution in [0.1, 0.15) is 0 Å². The molecule has 11 nitrogen and oxygen atoms in total. The molecule has 2 heterocycles. The fourth-order valence-electron chi connectivity index (χ4n) is 7.71. The first-order valence-electron chi connectivity index (χ1n) is 22.9. The Morgan fingerprint density at radius 3 is 1.24 bits per heavy atom. The van der Waals surface area contributed by atoms with Crippen LogP contribution in [0, 0.1) is 0 Å². The van der Waals surface area contributed by atoms with E-state index in [9.17, 15) is 0 Å². The third kappa shape index (κ3) is 12.0. The highest BCUT2D eigenvalue weighted by Gasteiger charge is 2.74. The van der Waals surface area contributed by atoms with Gasteiger partial charge in [-0.2, -0.15) is 0 Å². The van der Waals surface area contributed by atoms with Crippen LogP contribution in [0.25, 0.3) is 0 Å². The summed E-state index contributed by atoms with van der Waals surface area (Å²) in [6, 6.07) is 59.8. The van der Waals surface area contributed by atoms with Crippen LogP contribution in [0.15, 0.2) is 182 Å². The summed E-state index contributed by atoms with van der Waals surface area (Å²) >= 11 is 0. The van der Waals surface area contributed by atoms with E-state index in [2.05, 4.69) is 77.6 Å². The zero-order valence-corrected chi connectivity index (χ0v) is 50.5. The molecule has 2 saturated heterocycles. The lowest BCUT2D eigenvalue weighted by atomic mass is 10.4. The van der Waals surface area contributed by atoms with Crippen LogP contribution < -0.4 is 31.1 Å². The van der Waals surface area contributed by atoms with Crippen molar-refractivity contribution in [2.45, 2.75) is 65.5 Å². The topological polar surface area (TPSA) is 102 Å². The molecule has 356 valence electrons. The second-order valence-corrected chi connectivity index (χ2v) is 52.0. The van der Waals surface area contributed by atoms with Crippen molar-refractivity contribution >= 4 is 118 Å². The Balaban J connectivity index is 1.54. The SMILES string of the molecule is C[Si]1CO[Si](O[Si](C)(C)C)(c2ccccc2)O[Si]2(c3ccccc3)O[Si](c3ccccc3)(O1)O[Si](O[Si](O[Si](C)(C)C)c1ccccc1)(c1ccccc1)O[Si](O[Si](C)(C)C)(c1ccccc1)O2. The van der Waals surface area contributed by atoms with E-state index in [4.69, 9.17) is 45.6 Å². The van der Waals surface area contributed by atoms with Crippen molar-refractivity contribution in [2.24, 2.45) is 0 Å². The zero-order valence-electron chi connectivity index (χ0n) is 40.5. The Labute approximate surface area is 415 Å². The maximum atomic E-state index is 8.25. The van der Waals surface area contributed by atoms with Gasteiger partial charge in [-0.1, -0.05) is 182 Å². The fraction of sp³-hybridized carbons (Fsp3) is 0.234. The Bertz CT molecular complexity index is 2550. The van der Waals surface area contributed by atoms with E-state index >= 15 is 0 Å². The maximum Gasteiger partial charge on any atom is 0.519 e. The highest BCUT2D eigenvalue weighted by molar-refractivity contribution is 7.06. The molecule has 21 heteroatoms. The van der Waals surface area contributed by atoms with Crippen LogP contribution in [0.2, 0.25) is 65.5 Å². The minimum Gasteiger partial charge on any atom is -0.432 e. The summed E-state index contributed by atoms with van der Waals surface area (Å²) in [4.78, 5) is 0. The molecule has 2 aliphatic heterocycles. The molecular weight excluding hydrogens is 1020 g/mol. The van der Waals surface area contributed by atoms with Gasteiger partial charge in [-0.25, -0.2) is 0 Å². The average molecular weight is 1080 g/mol. The van der Waals surface area contributed by atoms with Gasteiger partial charge in [0, 0.05) is 25.9 Å². The molecule has 5 unspecified atom stereocenters. The highest BCUT2D eigenvalue weighted by Crippen LogP contribution is 2.38. The van der Waals surface area contributed by atoms with Crippen molar-refractivity contribution in [3.05, 3.63) is 182 Å². The second-order valence-electron chi connectivity index (χ2n) is 19.6. The molecule has 2 radical (unpaired) electrons. The molecule has 6 aromatic carbocycles. The first kappa shape index (κ1) is 51.4. The van der Waals surface area contributed by atoms with Gasteiger partial charge < -0.3 is 45.6 Å². The van der Waals surface area contributed by atoms with Gasteiger partial charge in [0.25, 0.3) is 0 Å². The largest absolute Gasteiger partial charge is 0.519 e. The molecule has 2 bridgehead atoms. The summed E-state index contributed by atoms with van der Waals surface area (Å²) in [7, 11) is -34.4. The molecule has 6 aromatic rings. The standard InChI is InChI=1S/C47H62O11Si10/c1-59-41-48-64(52-62(5,6)7,43-31-19-12-20-32-43)54-68(47-39-27-16-28-40-47)56-65(49-59,44-33-21-13-22-34-44)55-66(45-35-23-14-24-36-45,51-60(50-61(2,3)4)42-29-17-11-18-30-42)57-67(58-68,53-63(8,9)10)46-37-25-15-26-38-46/h11-40H,41H2,1-10H3. The molecule has 0 aromatic heterocycles. The monoisotopic (exact) mass is 1080 g/mol. The van der Waals surface area contributed by atoms with Gasteiger partial charge in [0.1, 0.15) is 0 Å². The normalized spacial score (nSPS) is 26.5. The predicted molar refractivity (Wildman–Crippen MR) is 289 cm³/mol. The summed E-state index contributed by atoms with van der Waals surface area (Å²) in [5, 5.41) is 4.36. The summed E-state index contributed by atoms with van der Waals surface area (Å²) in [5.74, 6) is 0. The van der Waals surface area contributed by atoms with Gasteiger partial charge >= 0.3 is 53.3 Å². The molecule has 0 aliphatic carbocycles. The minimum absolute atomic E-state index is 0.176. The van der Waals surface area contributed by atoms with Crippen molar-refractivity contribution < 1.29 is 45.6 Å². The Hall–Kier alpha value is -2.95. The van der Waals surface area contributed by atoms with E-state index < -0.39 is 87.3 Å². The van der Waals surface area contributed by atoms with Crippen LogP contribution in [0.4, 0.5) is 0 Å². The van der Waals surface area contributed by atoms with Gasteiger partial charge in [0.05, 0.1) is 6.23 Å². The smallest absolute Gasteiger partial charge is 0.432 e. The summed E-state index contributed by atoms with van der Waals surface area (Å²) in [6.45, 7) is 21.4. The van der Waals surface area contributed by atoms with Gasteiger partial charge in [-0.05, 0) is 70.7 Å². The van der Waals surface area contributed by atoms with E-state index in [-0.39, 0.29) is 6.23 Å². The maximum absolute atomic E-state index is 8.25. The van der Waals surface area contributed by atoms with Crippen molar-refractivity contribution in [1.29, 1.82) is 0 Å². The van der Waals surface area contributed by atoms with E-state index in [1.54, 1.807) is 0 Å². The van der Waals surface area contributed by atoms with E-state index in [1.165, 1.54) is 0 Å². The molecule has 68 heavy (non-hydrogen) atoms. The number of benzene rings is 6. The first-order chi connectivity index (χ1) is 32.2. The van der Waals surface area contributed by atoms with Crippen molar-refractivity contribution in [3.63, 3.8) is 0 Å². The average Bonchev–Trinajstić information content (AvgIpc) is 3.35. The van der Waals surface area contributed by atoms with Crippen LogP contribution in [0.3, 0.4) is 0 Å². The van der Waals surface area contributed by atoms with E-state index in [1.807, 2.05) is 170 Å². The quantitative estimate of drug-likeness (QED) is 0.112. The highest BCUT2D eigenvalue weighted by atomic mass is 28.6. The molecule has 0 amide bonds. The molecule has 0 N–H and O–H groups in total. The van der Waals surface area contributed by atoms with Crippen LogP contribution in [-0.4, -0.2) is 93.5 Å². The summed E-state index contributed by atoms with van der Waals surface area (Å²) < 4.78 is 86.1. The Kier molecular flexibility index (Phi) is 15.6. The number of hydrogen-bond donors (Lipinski definition) is 0. The summed E-state index contributed by atoms with van der Waals surface area (Å²) in [6.07, 6.45) is 0.176. The first-order valence-corrected chi connectivity index (χ1v) is 45.2. The number of rotatable bonds is 14. The van der Waals surface area contributed by atoms with Crippen molar-refractivity contribution in [2.75, 3.05) is 6.23 Å². The third-order valence-corrected chi connectivity index (χ3v) is 42.9. The minimum atomic E-state index is -4.69. The molecule has 2 fully saturated rings. The summed E-state index contributed by atoms with van der Waals surface area (Å²) in [5.41, 5.74) is 0. The fourth-order valence-corrected chi connectivity index (χ4v) is 47.3. The molecule has 5 atom stereocenters. The van der Waals surface area contributed by atoms with Gasteiger partial charge in [0.2, 0.25) is 9.04 Å². The van der Waals surface area contributed by atoms with Gasteiger partial charge in [-0.15, -0.1) is 0 Å². The molecule has 2 aliphatic rings. The lowest BCUT2D eigenvalue weighted by molar-refractivity contribution is 0.0937. The van der Waals surface area contributed by atoms with Gasteiger partial charge in [0.15, 0.2) is 25.0 Å². The van der Waals surface area contributed by atoms with Crippen LogP contribution in [0.5, 0.6) is 0 Å². The zero-order chi connectivity index (χ0) is 48.3. The molecule has 0 saturated carbocycles. The van der Waals surface area contributed by atoms with Crippen molar-refractivity contribution in [1.82, 2.24) is 0 Å². The predicted octanol–water partition coefficient (Wildman–Crippen LogP) is 6.49. The Morgan fingerprint density at radius 2 is 0.779 bits per heavy atom. The van der Waals surface area contributed by atoms with E-state index in [0.29, 0.717) is 20.7 Å². The number of hydrogen-bond acceptors (Lipinski definition) is 11. The van der Waals surface area contributed by atoms with Gasteiger partial charge in [-0.3, -0.25) is 0 Å². The van der Waals surface area contributed by atoms with Crippen LogP contribution >= 0.6 is 0 Å². The van der Waals surface area contributed by atoms with Crippen LogP contribution in [-0.2, 0) is 45.6 Å². The lowest BCUT2D eigenvalue weighted by Crippen LogP contribution is -2.85. The van der Waals surface area contributed by atoms with E-state index in [0.717, 1.165) is 10.4 Å². The molecular formula is C47H62O11Si10. The second kappa shape index (κ2) is 20.6. The lowest BCUT2D eigenvalue weighted by Gasteiger charge is -2.52. The molecule has 0 spiro atoms. The number of fused-ring (bicyclic) bond motifs is 2. The van der Waals surface area contributed by atoms with Crippen molar-refractivity contribution in [3.8, 4) is 0 Å². The molecule has 8 rings (SSSR count). The Morgan fingerprint density at radius 1 is 0.412 bits per heavy atom. The third-order valence-electron chi connectivity index (χ3n) is 10.3.